The van der Waals surface area contributed by atoms with Crippen LogP contribution >= 0.6 is 0 Å². The monoisotopic (exact) mass is 699 g/mol. The molecule has 8 heterocycles. The quantitative estimate of drug-likeness (QED) is 0.163. The smallest absolute Gasteiger partial charge is 0.307 e. The van der Waals surface area contributed by atoms with Crippen LogP contribution in [0.15, 0.2) is 162 Å². The summed E-state index contributed by atoms with van der Waals surface area (Å²) in [6.07, 6.45) is 6.63. The molecular weight excluding hydrogens is 675 g/mol. The highest BCUT2D eigenvalue weighted by atomic mass is 32.2. The Kier molecular flexibility index (Phi) is 4.31. The van der Waals surface area contributed by atoms with E-state index in [9.17, 15) is 8.42 Å². The molecule has 53 heavy (non-hydrogen) atoms. The zero-order chi connectivity index (χ0) is 34.5. The van der Waals surface area contributed by atoms with Gasteiger partial charge >= 0.3 is 5.66 Å². The molecule has 1 spiro atoms. The van der Waals surface area contributed by atoms with Gasteiger partial charge in [0.2, 0.25) is 16.0 Å². The largest absolute Gasteiger partial charge is 0.394 e. The van der Waals surface area contributed by atoms with E-state index >= 15 is 0 Å². The van der Waals surface area contributed by atoms with Gasteiger partial charge in [0.1, 0.15) is 22.3 Å². The molecule has 0 amide bonds. The van der Waals surface area contributed by atoms with Crippen LogP contribution in [0.3, 0.4) is 0 Å². The van der Waals surface area contributed by atoms with Crippen LogP contribution in [0.2, 0.25) is 0 Å². The van der Waals surface area contributed by atoms with E-state index < -0.39 is 15.5 Å². The minimum absolute atomic E-state index is 0.365. The summed E-state index contributed by atoms with van der Waals surface area (Å²) in [5, 5.41) is 4.92. The molecule has 4 aliphatic rings. The van der Waals surface area contributed by atoms with E-state index in [4.69, 9.17) is 0 Å². The van der Waals surface area contributed by atoms with Crippen LogP contribution in [0.5, 0.6) is 0 Å². The Morgan fingerprint density at radius 2 is 1.25 bits per heavy atom. The van der Waals surface area contributed by atoms with Gasteiger partial charge in [-0.3, -0.25) is 0 Å². The first-order valence-electron chi connectivity index (χ1n) is 17.9. The second-order valence-corrected chi connectivity index (χ2v) is 16.5. The number of sulfone groups is 1. The van der Waals surface area contributed by atoms with Crippen molar-refractivity contribution in [1.82, 2.24) is 13.8 Å². The summed E-state index contributed by atoms with van der Waals surface area (Å²) in [6.45, 7) is 0. The Bertz CT molecular complexity index is 3520. The van der Waals surface area contributed by atoms with E-state index in [1.54, 1.807) is 12.1 Å². The van der Waals surface area contributed by atoms with Gasteiger partial charge in [-0.25, -0.2) is 8.42 Å². The highest BCUT2D eigenvalue weighted by Crippen LogP contribution is 2.55. The zero-order valence-corrected chi connectivity index (χ0v) is 28.7. The number of para-hydroxylation sites is 2. The van der Waals surface area contributed by atoms with Crippen molar-refractivity contribution in [3.05, 3.63) is 163 Å². The summed E-state index contributed by atoms with van der Waals surface area (Å²) in [5.41, 5.74) is 12.0. The lowest BCUT2D eigenvalue weighted by Crippen LogP contribution is -2.76. The Labute approximate surface area is 301 Å². The van der Waals surface area contributed by atoms with Crippen LogP contribution in [0.25, 0.3) is 83.1 Å². The van der Waals surface area contributed by atoms with Gasteiger partial charge in [-0.1, -0.05) is 77.5 Å². The predicted octanol–water partition coefficient (Wildman–Crippen LogP) is 7.96. The maximum Gasteiger partial charge on any atom is 0.394 e. The predicted molar refractivity (Wildman–Crippen MR) is 203 cm³/mol. The molecule has 0 saturated heterocycles. The van der Waals surface area contributed by atoms with Crippen LogP contribution in [0.4, 0.5) is 0 Å². The first kappa shape index (κ1) is 27.0. The molecule has 0 bridgehead atoms. The van der Waals surface area contributed by atoms with Crippen molar-refractivity contribution in [2.24, 2.45) is 0 Å². The molecule has 8 heteroatoms. The molecule has 1 atom stereocenters. The normalized spacial score (nSPS) is 17.4. The topological polar surface area (TPSA) is 56.7 Å². The summed E-state index contributed by atoms with van der Waals surface area (Å²) in [4.78, 5) is 0.741. The lowest BCUT2D eigenvalue weighted by atomic mass is 9.82. The third-order valence-electron chi connectivity index (χ3n) is 12.4. The molecule has 0 N–H and O–H groups in total. The molecule has 0 saturated carbocycles. The number of nitrogens with zero attached hydrogens (tertiary/aromatic N) is 5. The van der Waals surface area contributed by atoms with E-state index in [1.165, 1.54) is 54.7 Å². The fourth-order valence-corrected chi connectivity index (χ4v) is 12.2. The standard InChI is InChI=1S/C45H25N5O2S/c51-53(52)38-17-6-3-12-30(38)31-20-19-26(22-39(31)53)27-24-47-36-15-9-16-37-41(36)45(48(47)25-27)42-43-32(28-10-1-4-13-34(28)49(37)43)23-33-29-11-2-5-14-35(29)50(44(33)42)40-18-7-8-21-46(40)45/h1-25H/q+2. The molecule has 4 aliphatic heterocycles. The zero-order valence-electron chi connectivity index (χ0n) is 27.9. The number of hydrogen-bond acceptors (Lipinski definition) is 2. The summed E-state index contributed by atoms with van der Waals surface area (Å²) in [6, 6.07) is 46.3. The second kappa shape index (κ2) is 8.47. The summed E-state index contributed by atoms with van der Waals surface area (Å²) in [5.74, 6) is 1.08. The second-order valence-electron chi connectivity index (χ2n) is 14.6. The molecule has 10 aromatic rings. The maximum atomic E-state index is 13.8. The van der Waals surface area contributed by atoms with E-state index in [-0.39, 0.29) is 0 Å². The van der Waals surface area contributed by atoms with Crippen molar-refractivity contribution in [2.75, 3.05) is 0 Å². The summed E-state index contributed by atoms with van der Waals surface area (Å²) >= 11 is 0. The first-order valence-corrected chi connectivity index (χ1v) is 19.3. The fourth-order valence-electron chi connectivity index (χ4n) is 10.4. The lowest BCUT2D eigenvalue weighted by molar-refractivity contribution is -0.993. The van der Waals surface area contributed by atoms with Gasteiger partial charge in [0.05, 0.1) is 44.5 Å². The molecule has 7 nitrogen and oxygen atoms in total. The van der Waals surface area contributed by atoms with Crippen molar-refractivity contribution >= 4 is 53.4 Å². The highest BCUT2D eigenvalue weighted by Gasteiger charge is 2.68. The van der Waals surface area contributed by atoms with Gasteiger partial charge in [0, 0.05) is 38.7 Å². The number of aromatic nitrogens is 5. The Morgan fingerprint density at radius 1 is 0.547 bits per heavy atom. The molecule has 0 fully saturated rings. The molecule has 0 aliphatic carbocycles. The number of fused-ring (bicyclic) bond motifs is 14. The molecular formula is C45H25N5O2S+2. The van der Waals surface area contributed by atoms with Crippen LogP contribution in [0.1, 0.15) is 11.1 Å². The fraction of sp³-hybridized carbons (Fsp3) is 0.0222. The minimum Gasteiger partial charge on any atom is -0.307 e. The summed E-state index contributed by atoms with van der Waals surface area (Å²) < 4.78 is 39.7. The first-order chi connectivity index (χ1) is 26.1. The average Bonchev–Trinajstić information content (AvgIpc) is 3.98. The highest BCUT2D eigenvalue weighted by molar-refractivity contribution is 7.92. The molecule has 4 aromatic heterocycles. The van der Waals surface area contributed by atoms with E-state index in [2.05, 4.69) is 139 Å². The minimum atomic E-state index is -3.63. The van der Waals surface area contributed by atoms with Gasteiger partial charge in [-0.15, -0.1) is 4.68 Å². The van der Waals surface area contributed by atoms with E-state index in [1.807, 2.05) is 24.3 Å². The van der Waals surface area contributed by atoms with Gasteiger partial charge in [0.25, 0.3) is 5.82 Å². The Hall–Kier alpha value is -6.77. The lowest BCUT2D eigenvalue weighted by Gasteiger charge is -2.32. The Balaban J connectivity index is 1.17. The van der Waals surface area contributed by atoms with Crippen molar-refractivity contribution in [3.8, 4) is 39.4 Å². The summed E-state index contributed by atoms with van der Waals surface area (Å²) in [7, 11) is -3.63. The van der Waals surface area contributed by atoms with Gasteiger partial charge in [-0.05, 0) is 60.2 Å². The number of rotatable bonds is 1. The number of pyridine rings is 1. The van der Waals surface area contributed by atoms with Gasteiger partial charge in [0.15, 0.2) is 5.52 Å². The molecule has 14 rings (SSSR count). The van der Waals surface area contributed by atoms with Gasteiger partial charge in [-0.2, -0.15) is 9.13 Å². The van der Waals surface area contributed by atoms with Crippen molar-refractivity contribution < 1.29 is 17.7 Å². The number of benzene rings is 6. The molecule has 1 unspecified atom stereocenters. The van der Waals surface area contributed by atoms with E-state index in [0.29, 0.717) is 9.79 Å². The van der Waals surface area contributed by atoms with Crippen molar-refractivity contribution in [2.45, 2.75) is 15.5 Å². The van der Waals surface area contributed by atoms with Crippen LogP contribution in [0, 0.1) is 0 Å². The van der Waals surface area contributed by atoms with Crippen molar-refractivity contribution in [3.63, 3.8) is 0 Å². The van der Waals surface area contributed by atoms with E-state index in [0.717, 1.165) is 39.4 Å². The Morgan fingerprint density at radius 3 is 2.09 bits per heavy atom. The van der Waals surface area contributed by atoms with Gasteiger partial charge < -0.3 is 4.57 Å². The third kappa shape index (κ3) is 2.72. The SMILES string of the molecule is O=S1(=O)c2ccccc2-c2ccc(-c3cn4[n+](c3)C35c6c(cccc6-4)-n4c6ccccc6c6cc7c8ccccc8n(c7c3c64)-c3cccc[n+]35)cc21. The molecule has 246 valence electrons. The third-order valence-corrected chi connectivity index (χ3v) is 14.2. The van der Waals surface area contributed by atoms with Crippen LogP contribution in [-0.2, 0) is 15.5 Å². The molecule has 6 aromatic carbocycles. The number of hydrogen-bond donors (Lipinski definition) is 0. The molecule has 0 radical (unpaired) electrons. The van der Waals surface area contributed by atoms with Crippen LogP contribution in [-0.4, -0.2) is 22.2 Å². The average molecular weight is 700 g/mol. The van der Waals surface area contributed by atoms with Crippen molar-refractivity contribution in [1.29, 1.82) is 0 Å². The van der Waals surface area contributed by atoms with Crippen LogP contribution < -0.4 is 9.25 Å². The maximum absolute atomic E-state index is 13.8.